The molecule has 2 aromatic rings. The van der Waals surface area contributed by atoms with Gasteiger partial charge in [0.2, 0.25) is 0 Å². The number of amides is 3. The molecule has 3 amide bonds. The summed E-state index contributed by atoms with van der Waals surface area (Å²) in [5.74, 6) is 0.663. The van der Waals surface area contributed by atoms with Crippen molar-refractivity contribution in [2.45, 2.75) is 6.54 Å². The van der Waals surface area contributed by atoms with Crippen molar-refractivity contribution in [2.75, 3.05) is 24.8 Å². The summed E-state index contributed by atoms with van der Waals surface area (Å²) in [4.78, 5) is 24.8. The van der Waals surface area contributed by atoms with Gasteiger partial charge in [-0.15, -0.1) is 0 Å². The van der Waals surface area contributed by atoms with Crippen LogP contribution in [0.3, 0.4) is 0 Å². The van der Waals surface area contributed by atoms with E-state index in [1.165, 1.54) is 12.0 Å². The SMILES string of the molecule is COC(=O)Nc1cccc(NC(=O)N(C)Cc2ccc(Br)o2)c1. The predicted octanol–water partition coefficient (Wildman–Crippen LogP) is 3.88. The maximum atomic E-state index is 12.2. The summed E-state index contributed by atoms with van der Waals surface area (Å²) in [6.45, 7) is 0.331. The average molecular weight is 382 g/mol. The molecular weight excluding hydrogens is 366 g/mol. The first-order valence-electron chi connectivity index (χ1n) is 6.69. The number of furan rings is 1. The first-order chi connectivity index (χ1) is 11.0. The Morgan fingerprint density at radius 2 is 1.91 bits per heavy atom. The molecule has 7 nitrogen and oxygen atoms in total. The first-order valence-corrected chi connectivity index (χ1v) is 7.48. The highest BCUT2D eigenvalue weighted by atomic mass is 79.9. The summed E-state index contributed by atoms with van der Waals surface area (Å²) in [6, 6.07) is 10.0. The Balaban J connectivity index is 1.96. The number of ether oxygens (including phenoxy) is 1. The molecule has 23 heavy (non-hydrogen) atoms. The zero-order chi connectivity index (χ0) is 16.8. The minimum atomic E-state index is -0.575. The Bertz CT molecular complexity index is 702. The van der Waals surface area contributed by atoms with Gasteiger partial charge in [-0.1, -0.05) is 6.07 Å². The summed E-state index contributed by atoms with van der Waals surface area (Å²) in [6.07, 6.45) is -0.575. The molecule has 8 heteroatoms. The number of hydrogen-bond acceptors (Lipinski definition) is 4. The number of rotatable bonds is 4. The van der Waals surface area contributed by atoms with Crippen LogP contribution in [0.1, 0.15) is 5.76 Å². The van der Waals surface area contributed by atoms with Crippen LogP contribution in [0.2, 0.25) is 0 Å². The fourth-order valence-electron chi connectivity index (χ4n) is 1.80. The second-order valence-corrected chi connectivity index (χ2v) is 5.47. The van der Waals surface area contributed by atoms with Crippen molar-refractivity contribution in [1.29, 1.82) is 0 Å². The Kier molecular flexibility index (Phi) is 5.64. The maximum Gasteiger partial charge on any atom is 0.411 e. The number of nitrogens with zero attached hydrogens (tertiary/aromatic N) is 1. The van der Waals surface area contributed by atoms with Crippen LogP contribution < -0.4 is 10.6 Å². The minimum Gasteiger partial charge on any atom is -0.453 e. The second kappa shape index (κ2) is 7.68. The van der Waals surface area contributed by atoms with Gasteiger partial charge in [0.15, 0.2) is 4.67 Å². The smallest absolute Gasteiger partial charge is 0.411 e. The van der Waals surface area contributed by atoms with Crippen LogP contribution >= 0.6 is 15.9 Å². The number of hydrogen-bond donors (Lipinski definition) is 2. The number of benzene rings is 1. The highest BCUT2D eigenvalue weighted by molar-refractivity contribution is 9.10. The zero-order valence-electron chi connectivity index (χ0n) is 12.6. The third-order valence-electron chi connectivity index (χ3n) is 2.91. The molecule has 0 fully saturated rings. The lowest BCUT2D eigenvalue weighted by atomic mass is 10.3. The molecule has 1 heterocycles. The Morgan fingerprint density at radius 3 is 2.52 bits per heavy atom. The molecule has 0 bridgehead atoms. The van der Waals surface area contributed by atoms with E-state index in [2.05, 4.69) is 31.3 Å². The molecule has 122 valence electrons. The van der Waals surface area contributed by atoms with Gasteiger partial charge in [0.05, 0.1) is 13.7 Å². The molecular formula is C15H16BrN3O4. The standard InChI is InChI=1S/C15H16BrN3O4/c1-19(9-12-6-7-13(16)23-12)14(20)17-10-4-3-5-11(8-10)18-15(21)22-2/h3-8H,9H2,1-2H3,(H,17,20)(H,18,21). The molecule has 0 unspecified atom stereocenters. The average Bonchev–Trinajstić information content (AvgIpc) is 2.92. The van der Waals surface area contributed by atoms with Gasteiger partial charge < -0.3 is 19.4 Å². The molecule has 0 saturated carbocycles. The van der Waals surface area contributed by atoms with Gasteiger partial charge in [-0.25, -0.2) is 9.59 Å². The number of urea groups is 1. The Labute approximate surface area is 141 Å². The largest absolute Gasteiger partial charge is 0.453 e. The fourth-order valence-corrected chi connectivity index (χ4v) is 2.14. The highest BCUT2D eigenvalue weighted by Crippen LogP contribution is 2.17. The molecule has 0 aliphatic rings. The Morgan fingerprint density at radius 1 is 1.22 bits per heavy atom. The summed E-state index contributed by atoms with van der Waals surface area (Å²) in [5.41, 5.74) is 1.07. The zero-order valence-corrected chi connectivity index (χ0v) is 14.2. The van der Waals surface area contributed by atoms with E-state index in [4.69, 9.17) is 4.42 Å². The molecule has 0 aliphatic heterocycles. The predicted molar refractivity (Wildman–Crippen MR) is 89.4 cm³/mol. The fraction of sp³-hybridized carbons (Fsp3) is 0.200. The van der Waals surface area contributed by atoms with Gasteiger partial charge in [0.1, 0.15) is 5.76 Å². The van der Waals surface area contributed by atoms with E-state index in [0.29, 0.717) is 28.3 Å². The van der Waals surface area contributed by atoms with Gasteiger partial charge >= 0.3 is 12.1 Å². The number of anilines is 2. The Hall–Kier alpha value is -2.48. The van der Waals surface area contributed by atoms with Crippen LogP contribution in [0.4, 0.5) is 21.0 Å². The van der Waals surface area contributed by atoms with E-state index in [0.717, 1.165) is 0 Å². The lowest BCUT2D eigenvalue weighted by Gasteiger charge is -2.17. The summed E-state index contributed by atoms with van der Waals surface area (Å²) < 4.78 is 10.5. The van der Waals surface area contributed by atoms with Crippen molar-refractivity contribution < 1.29 is 18.7 Å². The summed E-state index contributed by atoms with van der Waals surface area (Å²) in [5, 5.41) is 5.27. The van der Waals surface area contributed by atoms with Gasteiger partial charge in [0, 0.05) is 18.4 Å². The van der Waals surface area contributed by atoms with E-state index < -0.39 is 6.09 Å². The van der Waals surface area contributed by atoms with Crippen LogP contribution in [0.5, 0.6) is 0 Å². The molecule has 2 N–H and O–H groups in total. The number of carbonyl (C=O) groups excluding carboxylic acids is 2. The van der Waals surface area contributed by atoms with Crippen molar-refractivity contribution in [3.63, 3.8) is 0 Å². The normalized spacial score (nSPS) is 10.0. The van der Waals surface area contributed by atoms with E-state index in [-0.39, 0.29) is 6.03 Å². The molecule has 1 aromatic carbocycles. The van der Waals surface area contributed by atoms with Gasteiger partial charge in [0.25, 0.3) is 0 Å². The van der Waals surface area contributed by atoms with Gasteiger partial charge in [-0.3, -0.25) is 5.32 Å². The third kappa shape index (κ3) is 5.03. The maximum absolute atomic E-state index is 12.2. The number of halogens is 1. The molecule has 0 spiro atoms. The van der Waals surface area contributed by atoms with Crippen LogP contribution in [0.25, 0.3) is 0 Å². The van der Waals surface area contributed by atoms with Crippen LogP contribution in [0.15, 0.2) is 45.5 Å². The molecule has 2 rings (SSSR count). The van der Waals surface area contributed by atoms with Crippen molar-refractivity contribution in [1.82, 2.24) is 4.90 Å². The van der Waals surface area contributed by atoms with Crippen molar-refractivity contribution >= 4 is 39.4 Å². The second-order valence-electron chi connectivity index (χ2n) is 4.69. The van der Waals surface area contributed by atoms with E-state index >= 15 is 0 Å². The van der Waals surface area contributed by atoms with Gasteiger partial charge in [-0.2, -0.15) is 0 Å². The van der Waals surface area contributed by atoms with Crippen LogP contribution in [-0.2, 0) is 11.3 Å². The highest BCUT2D eigenvalue weighted by Gasteiger charge is 2.12. The molecule has 0 radical (unpaired) electrons. The lowest BCUT2D eigenvalue weighted by molar-refractivity contribution is 0.187. The third-order valence-corrected chi connectivity index (χ3v) is 3.34. The molecule has 0 aliphatic carbocycles. The topological polar surface area (TPSA) is 83.8 Å². The van der Waals surface area contributed by atoms with Crippen LogP contribution in [-0.4, -0.2) is 31.2 Å². The van der Waals surface area contributed by atoms with Crippen molar-refractivity contribution in [3.05, 3.63) is 46.8 Å². The minimum absolute atomic E-state index is 0.298. The summed E-state index contributed by atoms with van der Waals surface area (Å²) in [7, 11) is 2.94. The van der Waals surface area contributed by atoms with E-state index in [1.807, 2.05) is 0 Å². The number of carbonyl (C=O) groups is 2. The molecule has 0 saturated heterocycles. The lowest BCUT2D eigenvalue weighted by Crippen LogP contribution is -2.30. The monoisotopic (exact) mass is 381 g/mol. The van der Waals surface area contributed by atoms with Crippen molar-refractivity contribution in [3.8, 4) is 0 Å². The quantitative estimate of drug-likeness (QED) is 0.841. The van der Waals surface area contributed by atoms with E-state index in [9.17, 15) is 9.59 Å². The number of methoxy groups -OCH3 is 1. The molecule has 1 aromatic heterocycles. The van der Waals surface area contributed by atoms with E-state index in [1.54, 1.807) is 43.4 Å². The summed E-state index contributed by atoms with van der Waals surface area (Å²) >= 11 is 3.22. The molecule has 0 atom stereocenters. The van der Waals surface area contributed by atoms with Crippen molar-refractivity contribution in [2.24, 2.45) is 0 Å². The first kappa shape index (κ1) is 16.9. The van der Waals surface area contributed by atoms with Gasteiger partial charge in [-0.05, 0) is 46.3 Å². The number of nitrogens with one attached hydrogen (secondary N) is 2. The van der Waals surface area contributed by atoms with Crippen LogP contribution in [0, 0.1) is 0 Å².